The Balaban J connectivity index is 1.62. The number of benzene rings is 1. The number of aryl methyl sites for hydroxylation is 3. The van der Waals surface area contributed by atoms with Gasteiger partial charge in [-0.2, -0.15) is 0 Å². The van der Waals surface area contributed by atoms with E-state index in [0.717, 1.165) is 43.8 Å². The molecule has 1 aromatic heterocycles. The van der Waals surface area contributed by atoms with Gasteiger partial charge >= 0.3 is 5.97 Å². The second-order valence-corrected chi connectivity index (χ2v) is 5.74. The van der Waals surface area contributed by atoms with E-state index in [1.54, 1.807) is 0 Å². The fourth-order valence-electron chi connectivity index (χ4n) is 3.02. The molecule has 116 valence electrons. The van der Waals surface area contributed by atoms with Gasteiger partial charge in [-0.1, -0.05) is 30.3 Å². The highest BCUT2D eigenvalue weighted by molar-refractivity contribution is 5.72. The van der Waals surface area contributed by atoms with Gasteiger partial charge in [0.2, 0.25) is 0 Å². The van der Waals surface area contributed by atoms with Gasteiger partial charge in [0.15, 0.2) is 0 Å². The summed E-state index contributed by atoms with van der Waals surface area (Å²) in [7, 11) is 1.45. The number of hydrogen-bond acceptors (Lipinski definition) is 4. The SMILES string of the molecule is COC(=O)C1CCc2nnc(CCCc3ccccc3)n2C1. The first-order valence-electron chi connectivity index (χ1n) is 7.80. The van der Waals surface area contributed by atoms with Crippen LogP contribution in [0, 0.1) is 5.92 Å². The van der Waals surface area contributed by atoms with Crippen molar-refractivity contribution in [3.8, 4) is 0 Å². The molecule has 2 aromatic rings. The Morgan fingerprint density at radius 1 is 1.27 bits per heavy atom. The van der Waals surface area contributed by atoms with E-state index in [2.05, 4.69) is 39.0 Å². The van der Waals surface area contributed by atoms with Crippen molar-refractivity contribution in [2.45, 2.75) is 38.6 Å². The third kappa shape index (κ3) is 3.18. The number of aromatic nitrogens is 3. The molecule has 0 fully saturated rings. The summed E-state index contributed by atoms with van der Waals surface area (Å²) in [6, 6.07) is 10.5. The molecule has 1 atom stereocenters. The Bertz CT molecular complexity index is 637. The molecule has 2 heterocycles. The van der Waals surface area contributed by atoms with E-state index < -0.39 is 0 Å². The van der Waals surface area contributed by atoms with Crippen molar-refractivity contribution >= 4 is 5.97 Å². The maximum absolute atomic E-state index is 11.7. The number of rotatable bonds is 5. The summed E-state index contributed by atoms with van der Waals surface area (Å²) >= 11 is 0. The highest BCUT2D eigenvalue weighted by Crippen LogP contribution is 2.21. The molecule has 0 saturated carbocycles. The summed E-state index contributed by atoms with van der Waals surface area (Å²) in [6.07, 6.45) is 4.55. The summed E-state index contributed by atoms with van der Waals surface area (Å²) in [5.41, 5.74) is 1.34. The van der Waals surface area contributed by atoms with Crippen molar-refractivity contribution in [1.82, 2.24) is 14.8 Å². The van der Waals surface area contributed by atoms with Gasteiger partial charge in [0.1, 0.15) is 11.6 Å². The highest BCUT2D eigenvalue weighted by Gasteiger charge is 2.28. The van der Waals surface area contributed by atoms with Gasteiger partial charge in [0.05, 0.1) is 13.0 Å². The van der Waals surface area contributed by atoms with Crippen LogP contribution in [-0.4, -0.2) is 27.8 Å². The molecule has 0 N–H and O–H groups in total. The maximum atomic E-state index is 11.7. The number of esters is 1. The lowest BCUT2D eigenvalue weighted by atomic mass is 9.99. The summed E-state index contributed by atoms with van der Waals surface area (Å²) in [6.45, 7) is 0.648. The second-order valence-electron chi connectivity index (χ2n) is 5.74. The van der Waals surface area contributed by atoms with Crippen molar-refractivity contribution in [3.63, 3.8) is 0 Å². The first-order chi connectivity index (χ1) is 10.8. The minimum Gasteiger partial charge on any atom is -0.469 e. The lowest BCUT2D eigenvalue weighted by molar-refractivity contribution is -0.146. The Hall–Kier alpha value is -2.17. The molecule has 1 unspecified atom stereocenters. The average Bonchev–Trinajstić information content (AvgIpc) is 2.97. The van der Waals surface area contributed by atoms with E-state index in [1.807, 2.05) is 6.07 Å². The molecule has 1 aliphatic heterocycles. The molecule has 22 heavy (non-hydrogen) atoms. The van der Waals surface area contributed by atoms with Crippen LogP contribution in [0.15, 0.2) is 30.3 Å². The quantitative estimate of drug-likeness (QED) is 0.794. The number of fused-ring (bicyclic) bond motifs is 1. The van der Waals surface area contributed by atoms with Crippen LogP contribution in [0.25, 0.3) is 0 Å². The van der Waals surface area contributed by atoms with Crippen LogP contribution in [-0.2, 0) is 35.3 Å². The van der Waals surface area contributed by atoms with Crippen molar-refractivity contribution < 1.29 is 9.53 Å². The first-order valence-corrected chi connectivity index (χ1v) is 7.80. The zero-order valence-corrected chi connectivity index (χ0v) is 12.9. The summed E-state index contributed by atoms with van der Waals surface area (Å²) < 4.78 is 6.97. The molecule has 0 aliphatic carbocycles. The molecule has 5 heteroatoms. The van der Waals surface area contributed by atoms with Crippen LogP contribution in [0.1, 0.15) is 30.1 Å². The fraction of sp³-hybridized carbons (Fsp3) is 0.471. The van der Waals surface area contributed by atoms with Crippen molar-refractivity contribution in [1.29, 1.82) is 0 Å². The topological polar surface area (TPSA) is 57.0 Å². The third-order valence-electron chi connectivity index (χ3n) is 4.27. The van der Waals surface area contributed by atoms with E-state index in [9.17, 15) is 4.79 Å². The van der Waals surface area contributed by atoms with Crippen LogP contribution >= 0.6 is 0 Å². The molecule has 0 radical (unpaired) electrons. The largest absolute Gasteiger partial charge is 0.469 e. The molecule has 0 saturated heterocycles. The third-order valence-corrected chi connectivity index (χ3v) is 4.27. The van der Waals surface area contributed by atoms with E-state index in [4.69, 9.17) is 4.74 Å². The average molecular weight is 299 g/mol. The first kappa shape index (κ1) is 14.8. The van der Waals surface area contributed by atoms with Gasteiger partial charge in [-0.05, 0) is 24.8 Å². The Kier molecular flexibility index (Phi) is 4.51. The van der Waals surface area contributed by atoms with Crippen molar-refractivity contribution in [3.05, 3.63) is 47.5 Å². The number of carbonyl (C=O) groups excluding carboxylic acids is 1. The molecular formula is C17H21N3O2. The highest BCUT2D eigenvalue weighted by atomic mass is 16.5. The number of nitrogens with zero attached hydrogens (tertiary/aromatic N) is 3. The molecule has 0 amide bonds. The number of carbonyl (C=O) groups is 1. The minimum atomic E-state index is -0.130. The van der Waals surface area contributed by atoms with Crippen LogP contribution in [0.5, 0.6) is 0 Å². The standard InChI is InChI=1S/C17H21N3O2/c1-22-17(21)14-10-11-16-19-18-15(20(16)12-14)9-5-8-13-6-3-2-4-7-13/h2-4,6-7,14H,5,8-12H2,1H3. The summed E-state index contributed by atoms with van der Waals surface area (Å²) in [4.78, 5) is 11.7. The molecule has 0 bridgehead atoms. The van der Waals surface area contributed by atoms with Crippen molar-refractivity contribution in [2.75, 3.05) is 7.11 Å². The Morgan fingerprint density at radius 2 is 2.09 bits per heavy atom. The molecule has 5 nitrogen and oxygen atoms in total. The zero-order chi connectivity index (χ0) is 15.4. The number of hydrogen-bond donors (Lipinski definition) is 0. The van der Waals surface area contributed by atoms with E-state index in [0.29, 0.717) is 6.54 Å². The predicted octanol–water partition coefficient (Wildman–Crippen LogP) is 2.19. The van der Waals surface area contributed by atoms with Gasteiger partial charge in [-0.3, -0.25) is 4.79 Å². The minimum absolute atomic E-state index is 0.0682. The summed E-state index contributed by atoms with van der Waals surface area (Å²) in [5.74, 6) is 1.78. The van der Waals surface area contributed by atoms with Gasteiger partial charge < -0.3 is 9.30 Å². The van der Waals surface area contributed by atoms with Gasteiger partial charge in [0.25, 0.3) is 0 Å². The number of methoxy groups -OCH3 is 1. The second kappa shape index (κ2) is 6.73. The lowest BCUT2D eigenvalue weighted by Crippen LogP contribution is -2.28. The monoisotopic (exact) mass is 299 g/mol. The van der Waals surface area contributed by atoms with Crippen LogP contribution in [0.2, 0.25) is 0 Å². The lowest BCUT2D eigenvalue weighted by Gasteiger charge is -2.22. The fourth-order valence-corrected chi connectivity index (χ4v) is 3.02. The van der Waals surface area contributed by atoms with Crippen LogP contribution in [0.3, 0.4) is 0 Å². The van der Waals surface area contributed by atoms with E-state index >= 15 is 0 Å². The molecule has 1 aliphatic rings. The smallest absolute Gasteiger partial charge is 0.310 e. The maximum Gasteiger partial charge on any atom is 0.310 e. The number of ether oxygens (including phenoxy) is 1. The van der Waals surface area contributed by atoms with Gasteiger partial charge in [-0.25, -0.2) is 0 Å². The summed E-state index contributed by atoms with van der Waals surface area (Å²) in [5, 5.41) is 8.57. The van der Waals surface area contributed by atoms with E-state index in [1.165, 1.54) is 12.7 Å². The van der Waals surface area contributed by atoms with Crippen molar-refractivity contribution in [2.24, 2.45) is 5.92 Å². The molecular weight excluding hydrogens is 278 g/mol. The molecule has 0 spiro atoms. The Morgan fingerprint density at radius 3 is 2.86 bits per heavy atom. The van der Waals surface area contributed by atoms with Gasteiger partial charge in [-0.15, -0.1) is 10.2 Å². The zero-order valence-electron chi connectivity index (χ0n) is 12.9. The van der Waals surface area contributed by atoms with Crippen LogP contribution < -0.4 is 0 Å². The van der Waals surface area contributed by atoms with Gasteiger partial charge in [0, 0.05) is 19.4 Å². The normalized spacial score (nSPS) is 17.0. The predicted molar refractivity (Wildman–Crippen MR) is 82.3 cm³/mol. The molecule has 1 aromatic carbocycles. The van der Waals surface area contributed by atoms with Crippen LogP contribution in [0.4, 0.5) is 0 Å². The molecule has 3 rings (SSSR count). The Labute approximate surface area is 130 Å². The van der Waals surface area contributed by atoms with E-state index in [-0.39, 0.29) is 11.9 Å².